The molecule has 1 rings (SSSR count). The van der Waals surface area contributed by atoms with Crippen LogP contribution in [-0.4, -0.2) is 12.0 Å². The SMILES string of the molecule is [2H]C1([2H])CC[C@]([2H])(CCC)OC1=O. The number of esters is 1. The minimum Gasteiger partial charge on any atom is -0.462 e. The van der Waals surface area contributed by atoms with E-state index in [1.54, 1.807) is 0 Å². The summed E-state index contributed by atoms with van der Waals surface area (Å²) in [5.74, 6) is -0.887. The van der Waals surface area contributed by atoms with Gasteiger partial charge < -0.3 is 4.74 Å². The molecule has 1 aliphatic heterocycles. The lowest BCUT2D eigenvalue weighted by atomic mass is 10.1. The van der Waals surface area contributed by atoms with Gasteiger partial charge in [0.05, 0.1) is 1.37 Å². The molecule has 0 unspecified atom stereocenters. The molecular formula is C8H14O2. The van der Waals surface area contributed by atoms with Crippen molar-refractivity contribution < 1.29 is 13.6 Å². The molecule has 1 heterocycles. The Morgan fingerprint density at radius 3 is 3.40 bits per heavy atom. The van der Waals surface area contributed by atoms with Crippen molar-refractivity contribution in [3.8, 4) is 0 Å². The molecule has 0 amide bonds. The quantitative estimate of drug-likeness (QED) is 0.554. The van der Waals surface area contributed by atoms with E-state index in [4.69, 9.17) is 8.85 Å². The first-order valence-corrected chi connectivity index (χ1v) is 3.63. The average molecular weight is 145 g/mol. The number of carbonyl (C=O) groups is 1. The highest BCUT2D eigenvalue weighted by atomic mass is 16.5. The van der Waals surface area contributed by atoms with Crippen molar-refractivity contribution in [2.24, 2.45) is 0 Å². The molecule has 0 aromatic heterocycles. The Kier molecular flexibility index (Phi) is 1.57. The van der Waals surface area contributed by atoms with E-state index in [-0.39, 0.29) is 6.42 Å². The summed E-state index contributed by atoms with van der Waals surface area (Å²) in [4.78, 5) is 11.1. The minimum atomic E-state index is -1.89. The summed E-state index contributed by atoms with van der Waals surface area (Å²) in [5.41, 5.74) is 0. The third-order valence-electron chi connectivity index (χ3n) is 1.44. The Morgan fingerprint density at radius 2 is 2.80 bits per heavy atom. The molecule has 0 saturated carbocycles. The zero-order valence-corrected chi connectivity index (χ0v) is 6.14. The predicted molar refractivity (Wildman–Crippen MR) is 38.6 cm³/mol. The summed E-state index contributed by atoms with van der Waals surface area (Å²) in [7, 11) is 0. The summed E-state index contributed by atoms with van der Waals surface area (Å²) < 4.78 is 27.0. The van der Waals surface area contributed by atoms with Gasteiger partial charge >= 0.3 is 5.97 Å². The fourth-order valence-electron chi connectivity index (χ4n) is 0.977. The standard InChI is InChI=1S/C8H14O2/c1-2-4-7-5-3-6-8(9)10-7/h7H,2-6H2,1H3/t7-/m0/s1/i6D2,7D. The van der Waals surface area contributed by atoms with E-state index in [2.05, 4.69) is 0 Å². The maximum absolute atomic E-state index is 11.1. The van der Waals surface area contributed by atoms with Gasteiger partial charge in [0.25, 0.3) is 0 Å². The molecule has 1 aliphatic rings. The third kappa shape index (κ3) is 2.01. The van der Waals surface area contributed by atoms with Gasteiger partial charge in [0.2, 0.25) is 0 Å². The van der Waals surface area contributed by atoms with Gasteiger partial charge in [-0.05, 0) is 19.3 Å². The second-order valence-electron chi connectivity index (χ2n) is 2.35. The van der Waals surface area contributed by atoms with Crippen LogP contribution < -0.4 is 0 Å². The second kappa shape index (κ2) is 3.59. The highest BCUT2D eigenvalue weighted by Gasteiger charge is 2.18. The van der Waals surface area contributed by atoms with Crippen molar-refractivity contribution in [2.45, 2.75) is 45.1 Å². The lowest BCUT2D eigenvalue weighted by Gasteiger charge is -2.21. The van der Waals surface area contributed by atoms with Crippen LogP contribution in [0.3, 0.4) is 0 Å². The number of cyclic esters (lactones) is 1. The molecule has 58 valence electrons. The highest BCUT2D eigenvalue weighted by molar-refractivity contribution is 5.70. The molecule has 1 saturated heterocycles. The largest absolute Gasteiger partial charge is 0.462 e. The van der Waals surface area contributed by atoms with Crippen LogP contribution in [0.2, 0.25) is 0 Å². The Morgan fingerprint density at radius 1 is 2.00 bits per heavy atom. The van der Waals surface area contributed by atoms with E-state index < -0.39 is 18.4 Å². The zero-order chi connectivity index (χ0) is 10.1. The zero-order valence-electron chi connectivity index (χ0n) is 9.14. The predicted octanol–water partition coefficient (Wildman–Crippen LogP) is 1.88. The van der Waals surface area contributed by atoms with Crippen molar-refractivity contribution in [1.29, 1.82) is 0 Å². The summed E-state index contributed by atoms with van der Waals surface area (Å²) in [6.45, 7) is 1.91. The van der Waals surface area contributed by atoms with E-state index in [1.807, 2.05) is 6.92 Å². The number of hydrogen-bond donors (Lipinski definition) is 0. The molecule has 1 fully saturated rings. The summed E-state index contributed by atoms with van der Waals surface area (Å²) in [5, 5.41) is 0. The Bertz CT molecular complexity index is 217. The number of rotatable bonds is 2. The molecule has 2 nitrogen and oxygen atoms in total. The fraction of sp³-hybridized carbons (Fsp3) is 0.875. The molecule has 0 aliphatic carbocycles. The monoisotopic (exact) mass is 145 g/mol. The van der Waals surface area contributed by atoms with Crippen LogP contribution in [0.1, 0.15) is 43.1 Å². The van der Waals surface area contributed by atoms with Crippen LogP contribution in [-0.2, 0) is 9.53 Å². The van der Waals surface area contributed by atoms with Crippen molar-refractivity contribution in [2.75, 3.05) is 0 Å². The van der Waals surface area contributed by atoms with Gasteiger partial charge in [-0.2, -0.15) is 0 Å². The maximum atomic E-state index is 11.1. The highest BCUT2D eigenvalue weighted by Crippen LogP contribution is 2.17. The minimum absolute atomic E-state index is 0.0926. The molecule has 0 aromatic carbocycles. The van der Waals surface area contributed by atoms with Crippen LogP contribution in [0.25, 0.3) is 0 Å². The first-order chi connectivity index (χ1) is 5.90. The summed E-state index contributed by atoms with van der Waals surface area (Å²) in [6, 6.07) is 0. The Hall–Kier alpha value is -0.530. The van der Waals surface area contributed by atoms with Crippen molar-refractivity contribution >= 4 is 5.97 Å². The third-order valence-corrected chi connectivity index (χ3v) is 1.44. The molecule has 0 N–H and O–H groups in total. The first-order valence-electron chi connectivity index (χ1n) is 5.13. The van der Waals surface area contributed by atoms with Gasteiger partial charge in [0.15, 0.2) is 0 Å². The van der Waals surface area contributed by atoms with Crippen LogP contribution >= 0.6 is 0 Å². The number of carbonyl (C=O) groups excluding carboxylic acids is 1. The molecule has 2 heteroatoms. The number of hydrogen-bond acceptors (Lipinski definition) is 2. The summed E-state index contributed by atoms with van der Waals surface area (Å²) in [6.07, 6.45) is -1.45. The van der Waals surface area contributed by atoms with Crippen LogP contribution in [0.5, 0.6) is 0 Å². The molecule has 1 atom stereocenters. The molecule has 0 spiro atoms. The van der Waals surface area contributed by atoms with Gasteiger partial charge in [-0.25, -0.2) is 0 Å². The van der Waals surface area contributed by atoms with Crippen LogP contribution in [0.15, 0.2) is 0 Å². The van der Waals surface area contributed by atoms with E-state index in [9.17, 15) is 4.79 Å². The van der Waals surface area contributed by atoms with E-state index in [0.29, 0.717) is 12.8 Å². The van der Waals surface area contributed by atoms with Crippen molar-refractivity contribution in [3.05, 3.63) is 0 Å². The van der Waals surface area contributed by atoms with E-state index >= 15 is 0 Å². The second-order valence-corrected chi connectivity index (χ2v) is 2.35. The van der Waals surface area contributed by atoms with Crippen molar-refractivity contribution in [3.63, 3.8) is 0 Å². The maximum Gasteiger partial charge on any atom is 0.306 e. The van der Waals surface area contributed by atoms with Gasteiger partial charge in [-0.3, -0.25) is 4.79 Å². The van der Waals surface area contributed by atoms with Crippen LogP contribution in [0, 0.1) is 0 Å². The van der Waals surface area contributed by atoms with Gasteiger partial charge in [-0.1, -0.05) is 13.3 Å². The smallest absolute Gasteiger partial charge is 0.306 e. The van der Waals surface area contributed by atoms with Gasteiger partial charge in [-0.15, -0.1) is 0 Å². The normalized spacial score (nSPS) is 42.9. The number of ether oxygens (including phenoxy) is 1. The molecule has 0 bridgehead atoms. The fourth-order valence-corrected chi connectivity index (χ4v) is 0.977. The molecule has 10 heavy (non-hydrogen) atoms. The van der Waals surface area contributed by atoms with Crippen LogP contribution in [0.4, 0.5) is 0 Å². The molecule has 0 aromatic rings. The lowest BCUT2D eigenvalue weighted by molar-refractivity contribution is -0.153. The van der Waals surface area contributed by atoms with Gasteiger partial charge in [0, 0.05) is 9.11 Å². The lowest BCUT2D eigenvalue weighted by Crippen LogP contribution is -2.22. The van der Waals surface area contributed by atoms with Gasteiger partial charge in [0.1, 0.15) is 6.08 Å². The Balaban J connectivity index is 2.65. The Labute approximate surface area is 65.8 Å². The first kappa shape index (κ1) is 4.37. The topological polar surface area (TPSA) is 26.3 Å². The molecular weight excluding hydrogens is 128 g/mol. The van der Waals surface area contributed by atoms with E-state index in [0.717, 1.165) is 6.42 Å². The average Bonchev–Trinajstić information content (AvgIpc) is 1.99. The molecule has 0 radical (unpaired) electrons. The van der Waals surface area contributed by atoms with E-state index in [1.165, 1.54) is 0 Å². The summed E-state index contributed by atoms with van der Waals surface area (Å²) >= 11 is 0. The van der Waals surface area contributed by atoms with Crippen molar-refractivity contribution in [1.82, 2.24) is 0 Å².